The molecule has 1 atom stereocenters. The number of benzene rings is 3. The Hall–Kier alpha value is -8.99. The maximum Gasteiger partial charge on any atom is 0.416 e. The number of rotatable bonds is 21. The van der Waals surface area contributed by atoms with E-state index in [0.29, 0.717) is 10.9 Å². The number of amides is 5. The fraction of sp³-hybridized carbons (Fsp3) is 0.333. The smallest absolute Gasteiger partial charge is 0.416 e. The molecule has 516 valence electrons. The molecule has 0 aliphatic rings. The molecule has 3 aromatic heterocycles. The number of urea groups is 2. The third-order valence-corrected chi connectivity index (χ3v) is 13.7. The van der Waals surface area contributed by atoms with Gasteiger partial charge in [0, 0.05) is 38.8 Å². The van der Waals surface area contributed by atoms with Crippen molar-refractivity contribution < 1.29 is 110 Å². The highest BCUT2D eigenvalue weighted by Gasteiger charge is 2.32. The summed E-state index contributed by atoms with van der Waals surface area (Å²) in [6, 6.07) is 13.1. The Morgan fingerprint density at radius 2 is 1.36 bits per heavy atom. The van der Waals surface area contributed by atoms with Crippen LogP contribution in [0.15, 0.2) is 95.0 Å². The number of carboxylic acid groups (broad SMARTS) is 1. The number of aryl methyl sites for hydroxylation is 2. The Labute approximate surface area is 540 Å². The molecule has 94 heavy (non-hydrogen) atoms. The van der Waals surface area contributed by atoms with Crippen LogP contribution in [0.5, 0.6) is 35.0 Å². The lowest BCUT2D eigenvalue weighted by molar-refractivity contribution is -0.385. The molecule has 0 bridgehead atoms. The number of carbonyl (C=O) groups is 4. The van der Waals surface area contributed by atoms with Gasteiger partial charge in [-0.15, -0.1) is 0 Å². The summed E-state index contributed by atoms with van der Waals surface area (Å²) in [7, 11) is -5.70. The van der Waals surface area contributed by atoms with E-state index in [2.05, 4.69) is 59.3 Å². The minimum Gasteiger partial charge on any atom is -0.778 e. The second-order valence-corrected chi connectivity index (χ2v) is 26.0. The molecular formula is C51H61ClF6N13O19PS3. The Bertz CT molecular complexity index is 3840. The average molecular weight is 1440 g/mol. The summed E-state index contributed by atoms with van der Waals surface area (Å²) < 4.78 is 164. The van der Waals surface area contributed by atoms with E-state index < -0.39 is 110 Å². The van der Waals surface area contributed by atoms with Crippen molar-refractivity contribution in [3.05, 3.63) is 123 Å². The van der Waals surface area contributed by atoms with Crippen LogP contribution in [0.1, 0.15) is 40.7 Å². The van der Waals surface area contributed by atoms with Gasteiger partial charge in [0.15, 0.2) is 5.03 Å². The van der Waals surface area contributed by atoms with Gasteiger partial charge in [-0.3, -0.25) is 35.7 Å². The topological polar surface area (TPSA) is 447 Å². The number of nitrogens with one attached hydrogen (secondary N) is 5. The molecule has 1 unspecified atom stereocenters. The fourth-order valence-corrected chi connectivity index (χ4v) is 9.13. The van der Waals surface area contributed by atoms with Gasteiger partial charge in [-0.1, -0.05) is 29.8 Å². The lowest BCUT2D eigenvalue weighted by Crippen LogP contribution is -2.36. The van der Waals surface area contributed by atoms with E-state index in [1.807, 2.05) is 5.32 Å². The monoisotopic (exact) mass is 1440 g/mol. The van der Waals surface area contributed by atoms with Crippen molar-refractivity contribution in [3.63, 3.8) is 0 Å². The molecule has 3 heterocycles. The first-order chi connectivity index (χ1) is 43.5. The lowest BCUT2D eigenvalue weighted by Gasteiger charge is -2.14. The van der Waals surface area contributed by atoms with Crippen LogP contribution < -0.4 is 54.0 Å². The Kier molecular flexibility index (Phi) is 32.0. The maximum absolute atomic E-state index is 12.6. The number of carboxylic acids is 1. The lowest BCUT2D eigenvalue weighted by atomic mass is 10.1. The highest BCUT2D eigenvalue weighted by molar-refractivity contribution is 7.94. The number of nitro groups is 1. The van der Waals surface area contributed by atoms with Gasteiger partial charge in [0.2, 0.25) is 29.4 Å². The summed E-state index contributed by atoms with van der Waals surface area (Å²) in [6.45, 7) is 2.88. The van der Waals surface area contributed by atoms with Gasteiger partial charge in [-0.25, -0.2) is 32.4 Å². The zero-order valence-electron chi connectivity index (χ0n) is 50.8. The van der Waals surface area contributed by atoms with Crippen LogP contribution in [0, 0.1) is 17.0 Å². The predicted molar refractivity (Wildman–Crippen MR) is 324 cm³/mol. The molecule has 0 radical (unpaired) electrons. The summed E-state index contributed by atoms with van der Waals surface area (Å²) in [5.74, 6) is -1.76. The average Bonchev–Trinajstić information content (AvgIpc) is 0.826. The van der Waals surface area contributed by atoms with Crippen LogP contribution in [0.25, 0.3) is 0 Å². The number of anilines is 2. The van der Waals surface area contributed by atoms with Crippen LogP contribution in [0.4, 0.5) is 53.5 Å². The molecule has 6 rings (SSSR count). The van der Waals surface area contributed by atoms with Gasteiger partial charge >= 0.3 is 42.1 Å². The van der Waals surface area contributed by atoms with E-state index in [0.717, 1.165) is 24.3 Å². The number of sulfonamides is 2. The number of methoxy groups -OCH3 is 3. The zero-order valence-corrected chi connectivity index (χ0v) is 54.9. The summed E-state index contributed by atoms with van der Waals surface area (Å²) in [6.07, 6.45) is -3.65. The SMILES string of the molecule is CCOc1cc(Oc2ccc(C(F)(F)F)cc2Cl)ccc1[N+](=O)[O-].COc1cc(OC)nc(NC(=O)NS(=O)(=O)c2ncccc2C(=O)N(C)C)n1.COc1nc(C)nc(NC(=O)NS(=O)(=O)c2ccccc2CCC(F)(F)F)n1.C[S+](C)C.O=C(O)CNCP(=O)([O-])O. The second-order valence-electron chi connectivity index (χ2n) is 18.3. The maximum atomic E-state index is 12.6. The normalized spacial score (nSPS) is 11.7. The van der Waals surface area contributed by atoms with E-state index in [1.54, 1.807) is 16.4 Å². The molecule has 43 heteroatoms. The summed E-state index contributed by atoms with van der Waals surface area (Å²) in [5.41, 5.74) is -1.41. The van der Waals surface area contributed by atoms with Gasteiger partial charge in [-0.05, 0) is 79.2 Å². The highest BCUT2D eigenvalue weighted by atomic mass is 35.5. The molecule has 0 saturated carbocycles. The molecule has 3 aromatic carbocycles. The molecular weight excluding hydrogens is 1380 g/mol. The molecule has 5 amide bonds. The van der Waals surface area contributed by atoms with Gasteiger partial charge in [-0.2, -0.15) is 59.7 Å². The number of aliphatic carboxylic acids is 1. The molecule has 0 aliphatic carbocycles. The summed E-state index contributed by atoms with van der Waals surface area (Å²) in [4.78, 5) is 97.9. The predicted octanol–water partition coefficient (Wildman–Crippen LogP) is 6.41. The third-order valence-electron chi connectivity index (χ3n) is 10.0. The zero-order chi connectivity index (χ0) is 71.5. The minimum absolute atomic E-state index is 0.0111. The molecule has 6 aromatic rings. The summed E-state index contributed by atoms with van der Waals surface area (Å²) in [5, 5.41) is 24.3. The molecule has 0 spiro atoms. The number of carbonyl (C=O) groups excluding carboxylic acids is 3. The highest BCUT2D eigenvalue weighted by Crippen LogP contribution is 2.39. The van der Waals surface area contributed by atoms with Gasteiger partial charge in [0.1, 0.15) is 24.9 Å². The first-order valence-electron chi connectivity index (χ1n) is 25.7. The van der Waals surface area contributed by atoms with Crippen molar-refractivity contribution in [3.8, 4) is 35.0 Å². The number of alkyl halides is 6. The largest absolute Gasteiger partial charge is 0.778 e. The quantitative estimate of drug-likeness (QED) is 0.0134. The minimum atomic E-state index is -4.52. The molecule has 7 N–H and O–H groups in total. The third kappa shape index (κ3) is 29.7. The van der Waals surface area contributed by atoms with Crippen molar-refractivity contribution in [2.45, 2.75) is 49.0 Å². The van der Waals surface area contributed by atoms with Crippen LogP contribution in [-0.2, 0) is 52.9 Å². The first-order valence-corrected chi connectivity index (χ1v) is 33.2. The van der Waals surface area contributed by atoms with Crippen LogP contribution in [0.2, 0.25) is 5.02 Å². The van der Waals surface area contributed by atoms with Crippen LogP contribution in [0.3, 0.4) is 0 Å². The van der Waals surface area contributed by atoms with E-state index in [-0.39, 0.29) is 81.2 Å². The Morgan fingerprint density at radius 3 is 1.86 bits per heavy atom. The number of ether oxygens (including phenoxy) is 5. The number of pyridine rings is 1. The Morgan fingerprint density at radius 1 is 0.787 bits per heavy atom. The first kappa shape index (κ1) is 81.1. The van der Waals surface area contributed by atoms with E-state index in [9.17, 15) is 81.9 Å². The number of hydrogen-bond donors (Lipinski definition) is 7. The number of aromatic nitrogens is 6. The number of nitrogens with zero attached hydrogens (tertiary/aromatic N) is 8. The van der Waals surface area contributed by atoms with Crippen molar-refractivity contribution >= 4 is 91.7 Å². The molecule has 0 aliphatic heterocycles. The van der Waals surface area contributed by atoms with Gasteiger partial charge in [0.25, 0.3) is 26.0 Å². The van der Waals surface area contributed by atoms with Crippen LogP contribution >= 0.6 is 19.2 Å². The van der Waals surface area contributed by atoms with Crippen molar-refractivity contribution in [1.29, 1.82) is 0 Å². The second kappa shape index (κ2) is 37.0. The number of hydrogen-bond acceptors (Lipinski definition) is 24. The van der Waals surface area contributed by atoms with Crippen molar-refractivity contribution in [2.75, 3.05) is 84.3 Å². The van der Waals surface area contributed by atoms with Gasteiger partial charge < -0.3 is 48.0 Å². The summed E-state index contributed by atoms with van der Waals surface area (Å²) >= 11 is 5.80. The Balaban J connectivity index is 0.000000436. The van der Waals surface area contributed by atoms with E-state index >= 15 is 0 Å². The molecule has 0 saturated heterocycles. The standard InChI is InChI=1S/C15H11ClF3NO4.C15H16F3N5O4S.C15H18N6O6S.C3H8NO5P.C3H9S/c1-2-23-14-8-10(4-5-12(14)20(21)22)24-13-6-3-9(7-11(13)16)15(17,18)19;1-9-19-12(22-14(20-9)27-2)21-13(24)23-28(25,26)11-6-4-3-5-10(11)7-8-15(16,17)18;1-21(2)13(22)9-6-5-7-16-12(9)28(24,25)20-15(23)19-14-17-10(26-3)8-11(18-14)27-4;5-3(6)1-4-2-10(7,8)9;1-4(2)3/h3-8H,2H2,1H3;3-6H,7-8H2,1-2H3,(H2,19,20,21,22,23,24);5-8H,1-4H3,(H2,17,18,19,20,23);4H,1-2H2,(H,5,6)(H2,7,8,9);1-3H3/q;;;;+1/p-1. The molecule has 0 fully saturated rings. The molecule has 32 nitrogen and oxygen atoms in total. The van der Waals surface area contributed by atoms with Crippen LogP contribution in [-0.4, -0.2) is 170 Å². The van der Waals surface area contributed by atoms with Gasteiger partial charge in [0.05, 0.1) is 91.6 Å². The van der Waals surface area contributed by atoms with E-state index in [4.69, 9.17) is 45.3 Å². The number of nitro benzene ring substituents is 1. The number of halogens is 7. The van der Waals surface area contributed by atoms with Crippen molar-refractivity contribution in [1.82, 2.24) is 49.6 Å². The van der Waals surface area contributed by atoms with Crippen molar-refractivity contribution in [2.24, 2.45) is 0 Å². The fourth-order valence-electron chi connectivity index (χ4n) is 6.30. The van der Waals surface area contributed by atoms with E-state index in [1.165, 1.54) is 108 Å².